The zero-order valence-corrected chi connectivity index (χ0v) is 12.9. The summed E-state index contributed by atoms with van der Waals surface area (Å²) in [5.41, 5.74) is 6.68. The topological polar surface area (TPSA) is 95.6 Å². The van der Waals surface area contributed by atoms with E-state index in [1.807, 2.05) is 49.4 Å². The smallest absolute Gasteiger partial charge is 0.272 e. The summed E-state index contributed by atoms with van der Waals surface area (Å²) >= 11 is 0. The first kappa shape index (κ1) is 14.1. The molecule has 2 aromatic heterocycles. The van der Waals surface area contributed by atoms with Gasteiger partial charge in [0.15, 0.2) is 11.6 Å². The van der Waals surface area contributed by atoms with Crippen molar-refractivity contribution in [3.05, 3.63) is 64.6 Å². The van der Waals surface area contributed by atoms with Gasteiger partial charge in [0.2, 0.25) is 0 Å². The summed E-state index contributed by atoms with van der Waals surface area (Å²) in [6.45, 7) is 1.92. The van der Waals surface area contributed by atoms with Crippen molar-refractivity contribution >= 4 is 33.2 Å². The lowest BCUT2D eigenvalue weighted by molar-refractivity contribution is 0.988. The van der Waals surface area contributed by atoms with E-state index in [2.05, 4.69) is 31.2 Å². The van der Waals surface area contributed by atoms with Crippen LogP contribution in [0.5, 0.6) is 0 Å². The van der Waals surface area contributed by atoms with Crippen LogP contribution in [0.3, 0.4) is 0 Å². The van der Waals surface area contributed by atoms with Crippen molar-refractivity contribution in [3.63, 3.8) is 0 Å². The minimum absolute atomic E-state index is 0.225. The summed E-state index contributed by atoms with van der Waals surface area (Å²) in [6, 6.07) is 15.1. The summed E-state index contributed by atoms with van der Waals surface area (Å²) in [7, 11) is 0. The number of hydrogen-bond acceptors (Lipinski definition) is 6. The zero-order chi connectivity index (χ0) is 16.5. The molecule has 3 N–H and O–H groups in total. The minimum Gasteiger partial charge on any atom is -0.281 e. The van der Waals surface area contributed by atoms with Gasteiger partial charge < -0.3 is 0 Å². The fourth-order valence-corrected chi connectivity index (χ4v) is 2.66. The maximum atomic E-state index is 11.8. The highest BCUT2D eigenvalue weighted by atomic mass is 16.1. The van der Waals surface area contributed by atoms with Gasteiger partial charge in [-0.05, 0) is 13.0 Å². The molecule has 118 valence electrons. The lowest BCUT2D eigenvalue weighted by Crippen LogP contribution is -2.17. The lowest BCUT2D eigenvalue weighted by atomic mass is 10.1. The Kier molecular flexibility index (Phi) is 3.31. The van der Waals surface area contributed by atoms with E-state index in [0.29, 0.717) is 17.0 Å². The van der Waals surface area contributed by atoms with E-state index in [-0.39, 0.29) is 5.56 Å². The second-order valence-electron chi connectivity index (χ2n) is 5.38. The van der Waals surface area contributed by atoms with Crippen molar-refractivity contribution in [2.24, 2.45) is 0 Å². The molecule has 0 saturated heterocycles. The van der Waals surface area contributed by atoms with Crippen LogP contribution in [0.15, 0.2) is 53.3 Å². The average Bonchev–Trinajstić information content (AvgIpc) is 2.63. The van der Waals surface area contributed by atoms with Gasteiger partial charge >= 0.3 is 0 Å². The molecule has 24 heavy (non-hydrogen) atoms. The Morgan fingerprint density at radius 3 is 2.12 bits per heavy atom. The number of aromatic amines is 1. The van der Waals surface area contributed by atoms with E-state index >= 15 is 0 Å². The molecule has 0 atom stereocenters. The third-order valence-corrected chi connectivity index (χ3v) is 3.87. The molecule has 0 aliphatic carbocycles. The summed E-state index contributed by atoms with van der Waals surface area (Å²) in [6.07, 6.45) is 0. The van der Waals surface area contributed by atoms with Gasteiger partial charge in [-0.15, -0.1) is 5.10 Å². The Bertz CT molecular complexity index is 1100. The molecule has 0 unspecified atom stereocenters. The molecule has 0 aliphatic rings. The van der Waals surface area contributed by atoms with Crippen LogP contribution in [0.25, 0.3) is 21.5 Å². The Balaban J connectivity index is 1.73. The standard InChI is InChI=1S/C17H14N6O/c1-10-11-6-2-3-7-12(11)15(19-18-10)20-21-16-13-8-4-5-9-14(13)17(24)23-22-16/h2-9H,1H3,(H,19,20)(H,21,22)(H,23,24). The van der Waals surface area contributed by atoms with Gasteiger partial charge in [-0.1, -0.05) is 42.5 Å². The third-order valence-electron chi connectivity index (χ3n) is 3.87. The number of aryl methyl sites for hydroxylation is 1. The highest BCUT2D eigenvalue weighted by Gasteiger charge is 2.08. The number of hydrazine groups is 1. The largest absolute Gasteiger partial charge is 0.281 e. The van der Waals surface area contributed by atoms with Crippen LogP contribution in [0.4, 0.5) is 11.6 Å². The first-order valence-electron chi connectivity index (χ1n) is 7.45. The fourth-order valence-electron chi connectivity index (χ4n) is 2.66. The molecule has 7 nitrogen and oxygen atoms in total. The number of anilines is 2. The number of fused-ring (bicyclic) bond motifs is 2. The second kappa shape index (κ2) is 5.62. The normalized spacial score (nSPS) is 10.9. The summed E-state index contributed by atoms with van der Waals surface area (Å²) < 4.78 is 0. The average molecular weight is 318 g/mol. The number of nitrogens with zero attached hydrogens (tertiary/aromatic N) is 3. The van der Waals surface area contributed by atoms with Gasteiger partial charge in [0, 0.05) is 16.2 Å². The third kappa shape index (κ3) is 2.32. The van der Waals surface area contributed by atoms with Crippen LogP contribution in [-0.2, 0) is 0 Å². The first-order valence-corrected chi connectivity index (χ1v) is 7.45. The molecule has 7 heteroatoms. The quantitative estimate of drug-likeness (QED) is 0.503. The van der Waals surface area contributed by atoms with Crippen LogP contribution in [0, 0.1) is 6.92 Å². The Labute approximate surface area is 136 Å². The van der Waals surface area contributed by atoms with Gasteiger partial charge in [-0.2, -0.15) is 10.2 Å². The maximum Gasteiger partial charge on any atom is 0.272 e. The van der Waals surface area contributed by atoms with Crippen molar-refractivity contribution in [2.45, 2.75) is 6.92 Å². The molecule has 2 heterocycles. The molecule has 0 amide bonds. The van der Waals surface area contributed by atoms with E-state index in [4.69, 9.17) is 0 Å². The Morgan fingerprint density at radius 2 is 1.38 bits per heavy atom. The molecular formula is C17H14N6O. The van der Waals surface area contributed by atoms with Crippen LogP contribution < -0.4 is 16.4 Å². The monoisotopic (exact) mass is 318 g/mol. The van der Waals surface area contributed by atoms with Crippen molar-refractivity contribution in [1.82, 2.24) is 20.4 Å². The Hall–Kier alpha value is -3.48. The second-order valence-corrected chi connectivity index (χ2v) is 5.38. The predicted molar refractivity (Wildman–Crippen MR) is 93.9 cm³/mol. The van der Waals surface area contributed by atoms with E-state index in [0.717, 1.165) is 21.9 Å². The van der Waals surface area contributed by atoms with E-state index < -0.39 is 0 Å². The minimum atomic E-state index is -0.225. The SMILES string of the molecule is Cc1nnc(NNc2n[nH]c(=O)c3ccccc23)c2ccccc12. The maximum absolute atomic E-state index is 11.8. The highest BCUT2D eigenvalue weighted by molar-refractivity contribution is 5.94. The predicted octanol–water partition coefficient (Wildman–Crippen LogP) is 2.61. The van der Waals surface area contributed by atoms with Gasteiger partial charge in [-0.3, -0.25) is 15.6 Å². The van der Waals surface area contributed by atoms with Crippen molar-refractivity contribution in [1.29, 1.82) is 0 Å². The van der Waals surface area contributed by atoms with E-state index in [9.17, 15) is 4.79 Å². The molecule has 0 fully saturated rings. The number of H-pyrrole nitrogens is 1. The molecule has 0 bridgehead atoms. The van der Waals surface area contributed by atoms with Gasteiger partial charge in [0.25, 0.3) is 5.56 Å². The first-order chi connectivity index (χ1) is 11.7. The molecule has 0 saturated carbocycles. The zero-order valence-electron chi connectivity index (χ0n) is 12.9. The molecule has 0 spiro atoms. The van der Waals surface area contributed by atoms with Gasteiger partial charge in [0.05, 0.1) is 11.1 Å². The molecule has 4 rings (SSSR count). The van der Waals surface area contributed by atoms with Crippen molar-refractivity contribution in [2.75, 3.05) is 10.9 Å². The van der Waals surface area contributed by atoms with E-state index in [1.54, 1.807) is 6.07 Å². The lowest BCUT2D eigenvalue weighted by Gasteiger charge is -2.12. The highest BCUT2D eigenvalue weighted by Crippen LogP contribution is 2.23. The number of hydrogen-bond donors (Lipinski definition) is 3. The summed E-state index contributed by atoms with van der Waals surface area (Å²) in [5.74, 6) is 1.10. The summed E-state index contributed by atoms with van der Waals surface area (Å²) in [4.78, 5) is 11.8. The fraction of sp³-hybridized carbons (Fsp3) is 0.0588. The number of benzene rings is 2. The van der Waals surface area contributed by atoms with Crippen LogP contribution in [0.2, 0.25) is 0 Å². The molecule has 0 aliphatic heterocycles. The van der Waals surface area contributed by atoms with Crippen LogP contribution in [0.1, 0.15) is 5.69 Å². The molecular weight excluding hydrogens is 304 g/mol. The van der Waals surface area contributed by atoms with Crippen LogP contribution in [-0.4, -0.2) is 20.4 Å². The van der Waals surface area contributed by atoms with Crippen molar-refractivity contribution < 1.29 is 0 Å². The molecule has 0 radical (unpaired) electrons. The molecule has 2 aromatic carbocycles. The number of aromatic nitrogens is 4. The Morgan fingerprint density at radius 1 is 0.792 bits per heavy atom. The molecule has 4 aromatic rings. The number of nitrogens with one attached hydrogen (secondary N) is 3. The summed E-state index contributed by atoms with van der Waals surface area (Å²) in [5, 5.41) is 18.2. The van der Waals surface area contributed by atoms with Gasteiger partial charge in [0.1, 0.15) is 0 Å². The number of rotatable bonds is 3. The van der Waals surface area contributed by atoms with Crippen molar-refractivity contribution in [3.8, 4) is 0 Å². The van der Waals surface area contributed by atoms with Crippen LogP contribution >= 0.6 is 0 Å². The van der Waals surface area contributed by atoms with E-state index in [1.165, 1.54) is 0 Å². The van der Waals surface area contributed by atoms with Gasteiger partial charge in [-0.25, -0.2) is 5.10 Å².